The van der Waals surface area contributed by atoms with Crippen LogP contribution in [0.5, 0.6) is 0 Å². The maximum atomic E-state index is 13.3. The van der Waals surface area contributed by atoms with Crippen LogP contribution in [0.15, 0.2) is 53.6 Å². The monoisotopic (exact) mass is 397 g/mol. The Bertz CT molecular complexity index is 1140. The van der Waals surface area contributed by atoms with Crippen molar-refractivity contribution in [1.82, 2.24) is 3.97 Å². The molecule has 6 heteroatoms. The van der Waals surface area contributed by atoms with Gasteiger partial charge in [0, 0.05) is 11.6 Å². The summed E-state index contributed by atoms with van der Waals surface area (Å²) in [7, 11) is -2.53. The van der Waals surface area contributed by atoms with E-state index in [0.717, 1.165) is 29.4 Å². The van der Waals surface area contributed by atoms with E-state index in [-0.39, 0.29) is 10.5 Å². The van der Waals surface area contributed by atoms with Crippen LogP contribution in [-0.2, 0) is 14.8 Å². The molecule has 2 aromatic carbocycles. The van der Waals surface area contributed by atoms with E-state index in [0.29, 0.717) is 11.4 Å². The number of esters is 1. The minimum absolute atomic E-state index is 0.192. The zero-order valence-corrected chi connectivity index (χ0v) is 16.8. The molecule has 4 rings (SSSR count). The molecule has 5 nitrogen and oxygen atoms in total. The van der Waals surface area contributed by atoms with Gasteiger partial charge in [-0.05, 0) is 55.5 Å². The Morgan fingerprint density at radius 1 is 1.04 bits per heavy atom. The summed E-state index contributed by atoms with van der Waals surface area (Å²) in [5, 5.41) is 0.811. The molecule has 1 aliphatic carbocycles. The standard InChI is InChI=1S/C22H23NO4S/c1-15-7-9-17(10-8-15)28(25,26)23-14-13-19-18(16-5-3-4-6-16)11-12-20(21(19)23)22(24)27-2/h7-14,16H,3-6H2,1-2H3. The number of aromatic nitrogens is 1. The molecule has 0 N–H and O–H groups in total. The van der Waals surface area contributed by atoms with Gasteiger partial charge in [0.1, 0.15) is 0 Å². The van der Waals surface area contributed by atoms with Crippen molar-refractivity contribution in [2.45, 2.75) is 43.4 Å². The maximum Gasteiger partial charge on any atom is 0.340 e. The van der Waals surface area contributed by atoms with Crippen LogP contribution in [-0.4, -0.2) is 25.5 Å². The van der Waals surface area contributed by atoms with Gasteiger partial charge in [-0.25, -0.2) is 17.2 Å². The second-order valence-corrected chi connectivity index (χ2v) is 9.18. The van der Waals surface area contributed by atoms with Gasteiger partial charge in [-0.1, -0.05) is 36.6 Å². The predicted octanol–water partition coefficient (Wildman–Crippen LogP) is 4.63. The highest BCUT2D eigenvalue weighted by molar-refractivity contribution is 7.90. The van der Waals surface area contributed by atoms with Gasteiger partial charge in [0.05, 0.1) is 23.1 Å². The fraction of sp³-hybridized carbons (Fsp3) is 0.318. The molecule has 1 heterocycles. The second kappa shape index (κ2) is 7.09. The fourth-order valence-corrected chi connectivity index (χ4v) is 5.51. The molecule has 0 atom stereocenters. The van der Waals surface area contributed by atoms with E-state index in [1.54, 1.807) is 42.6 Å². The van der Waals surface area contributed by atoms with Crippen molar-refractivity contribution < 1.29 is 17.9 Å². The molecule has 0 radical (unpaired) electrons. The number of hydrogen-bond donors (Lipinski definition) is 0. The number of rotatable bonds is 4. The summed E-state index contributed by atoms with van der Waals surface area (Å²) in [5.41, 5.74) is 2.75. The molecular formula is C22H23NO4S. The smallest absolute Gasteiger partial charge is 0.340 e. The van der Waals surface area contributed by atoms with Gasteiger partial charge in [0.15, 0.2) is 0 Å². The summed E-state index contributed by atoms with van der Waals surface area (Å²) in [5.74, 6) is -0.144. The Hall–Kier alpha value is -2.60. The largest absolute Gasteiger partial charge is 0.465 e. The molecule has 1 aliphatic rings. The lowest BCUT2D eigenvalue weighted by Crippen LogP contribution is -2.14. The first-order valence-corrected chi connectivity index (χ1v) is 10.9. The Morgan fingerprint density at radius 2 is 1.71 bits per heavy atom. The number of aryl methyl sites for hydroxylation is 1. The SMILES string of the molecule is COC(=O)c1ccc(C2CCCC2)c2ccn(S(=O)(=O)c3ccc(C)cc3)c12. The van der Waals surface area contributed by atoms with Crippen LogP contribution in [0.3, 0.4) is 0 Å². The van der Waals surface area contributed by atoms with Crippen LogP contribution in [0.4, 0.5) is 0 Å². The fourth-order valence-electron chi connectivity index (χ4n) is 4.14. The van der Waals surface area contributed by atoms with Crippen LogP contribution >= 0.6 is 0 Å². The number of hydrogen-bond acceptors (Lipinski definition) is 4. The van der Waals surface area contributed by atoms with Crippen LogP contribution in [0, 0.1) is 6.92 Å². The molecule has 3 aromatic rings. The number of carbonyl (C=O) groups is 1. The Morgan fingerprint density at radius 3 is 2.36 bits per heavy atom. The van der Waals surface area contributed by atoms with Crippen LogP contribution in [0.2, 0.25) is 0 Å². The van der Waals surface area contributed by atoms with Gasteiger partial charge < -0.3 is 4.74 Å². The molecule has 0 amide bonds. The first-order chi connectivity index (χ1) is 13.4. The summed E-state index contributed by atoms with van der Waals surface area (Å²) >= 11 is 0. The molecule has 1 aromatic heterocycles. The molecule has 1 fully saturated rings. The molecule has 0 spiro atoms. The van der Waals surface area contributed by atoms with Crippen molar-refractivity contribution in [3.05, 3.63) is 65.4 Å². The summed E-state index contributed by atoms with van der Waals surface area (Å²) in [6, 6.07) is 12.2. The van der Waals surface area contributed by atoms with Crippen molar-refractivity contribution in [3.8, 4) is 0 Å². The number of ether oxygens (including phenoxy) is 1. The molecule has 0 bridgehead atoms. The summed E-state index contributed by atoms with van der Waals surface area (Å²) in [4.78, 5) is 12.6. The summed E-state index contributed by atoms with van der Waals surface area (Å²) < 4.78 is 32.8. The topological polar surface area (TPSA) is 65.4 Å². The molecular weight excluding hydrogens is 374 g/mol. The molecule has 0 saturated heterocycles. The first kappa shape index (κ1) is 18.7. The third-order valence-electron chi connectivity index (χ3n) is 5.63. The maximum absolute atomic E-state index is 13.3. The lowest BCUT2D eigenvalue weighted by Gasteiger charge is -2.15. The molecule has 28 heavy (non-hydrogen) atoms. The second-order valence-electron chi connectivity index (χ2n) is 7.37. The predicted molar refractivity (Wildman–Crippen MR) is 108 cm³/mol. The number of fused-ring (bicyclic) bond motifs is 1. The van der Waals surface area contributed by atoms with Crippen LogP contribution in [0.1, 0.15) is 53.1 Å². The summed E-state index contributed by atoms with van der Waals surface area (Å²) in [6.45, 7) is 1.91. The highest BCUT2D eigenvalue weighted by Crippen LogP contribution is 2.39. The zero-order valence-electron chi connectivity index (χ0n) is 16.0. The zero-order chi connectivity index (χ0) is 19.9. The molecule has 146 valence electrons. The van der Waals surface area contributed by atoms with Gasteiger partial charge in [0.2, 0.25) is 0 Å². The van der Waals surface area contributed by atoms with Crippen LogP contribution < -0.4 is 0 Å². The first-order valence-electron chi connectivity index (χ1n) is 9.48. The van der Waals surface area contributed by atoms with E-state index in [4.69, 9.17) is 4.74 Å². The highest BCUT2D eigenvalue weighted by Gasteiger charge is 2.27. The third kappa shape index (κ3) is 3.02. The van der Waals surface area contributed by atoms with Gasteiger partial charge >= 0.3 is 5.97 Å². The number of methoxy groups -OCH3 is 1. The van der Waals surface area contributed by atoms with Gasteiger partial charge in [0.25, 0.3) is 10.0 Å². The lowest BCUT2D eigenvalue weighted by atomic mass is 9.93. The van der Waals surface area contributed by atoms with Gasteiger partial charge in [-0.15, -0.1) is 0 Å². The van der Waals surface area contributed by atoms with Gasteiger partial charge in [-0.3, -0.25) is 0 Å². The normalized spacial score (nSPS) is 15.2. The average molecular weight is 397 g/mol. The third-order valence-corrected chi connectivity index (χ3v) is 7.32. The molecule has 0 unspecified atom stereocenters. The van der Waals surface area contributed by atoms with Crippen molar-refractivity contribution in [3.63, 3.8) is 0 Å². The van der Waals surface area contributed by atoms with Crippen molar-refractivity contribution >= 4 is 26.9 Å². The molecule has 1 saturated carbocycles. The van der Waals surface area contributed by atoms with Crippen molar-refractivity contribution in [1.29, 1.82) is 0 Å². The van der Waals surface area contributed by atoms with E-state index in [1.807, 2.05) is 13.0 Å². The van der Waals surface area contributed by atoms with E-state index < -0.39 is 16.0 Å². The van der Waals surface area contributed by atoms with E-state index >= 15 is 0 Å². The summed E-state index contributed by atoms with van der Waals surface area (Å²) in [6.07, 6.45) is 6.07. The lowest BCUT2D eigenvalue weighted by molar-refractivity contribution is 0.0602. The average Bonchev–Trinajstić information content (AvgIpc) is 3.37. The highest BCUT2D eigenvalue weighted by atomic mass is 32.2. The number of benzene rings is 2. The number of nitrogens with zero attached hydrogens (tertiary/aromatic N) is 1. The minimum atomic E-state index is -3.83. The quantitative estimate of drug-likeness (QED) is 0.602. The minimum Gasteiger partial charge on any atom is -0.465 e. The Labute approximate surface area is 165 Å². The van der Waals surface area contributed by atoms with Crippen LogP contribution in [0.25, 0.3) is 10.9 Å². The van der Waals surface area contributed by atoms with Crippen molar-refractivity contribution in [2.75, 3.05) is 7.11 Å². The van der Waals surface area contributed by atoms with Crippen molar-refractivity contribution in [2.24, 2.45) is 0 Å². The van der Waals surface area contributed by atoms with E-state index in [9.17, 15) is 13.2 Å². The van der Waals surface area contributed by atoms with Gasteiger partial charge in [-0.2, -0.15) is 0 Å². The van der Waals surface area contributed by atoms with E-state index in [2.05, 4.69) is 0 Å². The Balaban J connectivity index is 1.97. The molecule has 0 aliphatic heterocycles. The van der Waals surface area contributed by atoms with E-state index in [1.165, 1.54) is 23.9 Å². The number of carbonyl (C=O) groups excluding carboxylic acids is 1. The Kier molecular flexibility index (Phi) is 4.75.